The van der Waals surface area contributed by atoms with Crippen LogP contribution in [0.25, 0.3) is 22.3 Å². The molecular weight excluding hydrogens is 427 g/mol. The fourth-order valence-corrected chi connectivity index (χ4v) is 3.59. The standard InChI is InChI=1S/C23H16Cl2O5/c1-11-7-15(19(26)9-17(11)24)13-3-5-29-22(13)21(28)23-14(4-6-30-23)16-8-12(2)18(25)10-20(16)27/h3-10,26-27H,1-2H3. The van der Waals surface area contributed by atoms with E-state index >= 15 is 0 Å². The van der Waals surface area contributed by atoms with Gasteiger partial charge in [-0.1, -0.05) is 23.2 Å². The molecule has 152 valence electrons. The molecule has 4 aromatic rings. The Kier molecular flexibility index (Phi) is 5.10. The van der Waals surface area contributed by atoms with Gasteiger partial charge in [0.2, 0.25) is 0 Å². The third kappa shape index (κ3) is 3.36. The number of carbonyl (C=O) groups is 1. The molecule has 0 radical (unpaired) electrons. The number of phenolic OH excluding ortho intramolecular Hbond substituents is 2. The molecule has 0 amide bonds. The number of benzene rings is 2. The zero-order valence-electron chi connectivity index (χ0n) is 16.0. The Bertz CT molecular complexity index is 1190. The molecule has 0 aliphatic heterocycles. The van der Waals surface area contributed by atoms with Crippen molar-refractivity contribution in [3.8, 4) is 33.8 Å². The fourth-order valence-electron chi connectivity index (χ4n) is 3.27. The Morgan fingerprint density at radius 3 is 1.53 bits per heavy atom. The van der Waals surface area contributed by atoms with Gasteiger partial charge >= 0.3 is 0 Å². The van der Waals surface area contributed by atoms with Crippen LogP contribution in [0.15, 0.2) is 57.8 Å². The number of hydrogen-bond acceptors (Lipinski definition) is 5. The molecule has 0 atom stereocenters. The van der Waals surface area contributed by atoms with Crippen molar-refractivity contribution >= 4 is 29.0 Å². The lowest BCUT2D eigenvalue weighted by Crippen LogP contribution is -2.02. The molecule has 0 saturated heterocycles. The lowest BCUT2D eigenvalue weighted by Gasteiger charge is -2.09. The molecule has 2 heterocycles. The van der Waals surface area contributed by atoms with Crippen LogP contribution >= 0.6 is 23.2 Å². The smallest absolute Gasteiger partial charge is 0.264 e. The maximum absolute atomic E-state index is 13.3. The summed E-state index contributed by atoms with van der Waals surface area (Å²) in [6.45, 7) is 3.59. The van der Waals surface area contributed by atoms with Gasteiger partial charge in [0.05, 0.1) is 12.5 Å². The van der Waals surface area contributed by atoms with Crippen LogP contribution in [0.4, 0.5) is 0 Å². The van der Waals surface area contributed by atoms with E-state index in [2.05, 4.69) is 0 Å². The zero-order chi connectivity index (χ0) is 21.6. The summed E-state index contributed by atoms with van der Waals surface area (Å²) in [5.41, 5.74) is 3.10. The third-order valence-corrected chi connectivity index (χ3v) is 5.69. The number of halogens is 2. The van der Waals surface area contributed by atoms with E-state index in [9.17, 15) is 15.0 Å². The third-order valence-electron chi connectivity index (χ3n) is 4.88. The molecule has 30 heavy (non-hydrogen) atoms. The Hall–Kier alpha value is -3.15. The number of hydrogen-bond donors (Lipinski definition) is 2. The largest absolute Gasteiger partial charge is 0.507 e. The topological polar surface area (TPSA) is 83.8 Å². The quantitative estimate of drug-likeness (QED) is 0.340. The summed E-state index contributed by atoms with van der Waals surface area (Å²) >= 11 is 12.1. The average molecular weight is 443 g/mol. The van der Waals surface area contributed by atoms with E-state index < -0.39 is 5.78 Å². The minimum Gasteiger partial charge on any atom is -0.507 e. The molecule has 0 aliphatic rings. The number of carbonyl (C=O) groups excluding carboxylic acids is 1. The minimum atomic E-state index is -0.533. The fraction of sp³-hybridized carbons (Fsp3) is 0.0870. The van der Waals surface area contributed by atoms with E-state index in [-0.39, 0.29) is 23.0 Å². The molecule has 0 saturated carbocycles. The number of phenols is 2. The van der Waals surface area contributed by atoms with Crippen LogP contribution in [0.2, 0.25) is 10.0 Å². The van der Waals surface area contributed by atoms with Crippen molar-refractivity contribution in [2.24, 2.45) is 0 Å². The van der Waals surface area contributed by atoms with E-state index in [1.54, 1.807) is 38.1 Å². The van der Waals surface area contributed by atoms with Crippen molar-refractivity contribution in [1.82, 2.24) is 0 Å². The van der Waals surface area contributed by atoms with Gasteiger partial charge in [-0.05, 0) is 61.4 Å². The molecule has 0 aliphatic carbocycles. The van der Waals surface area contributed by atoms with Gasteiger partial charge < -0.3 is 19.0 Å². The molecule has 2 aromatic heterocycles. The molecule has 0 fully saturated rings. The number of rotatable bonds is 4. The number of furan rings is 2. The predicted octanol–water partition coefficient (Wildman–Crippen LogP) is 6.77. The van der Waals surface area contributed by atoms with Gasteiger partial charge in [0, 0.05) is 32.3 Å². The van der Waals surface area contributed by atoms with Crippen LogP contribution in [-0.4, -0.2) is 16.0 Å². The van der Waals surface area contributed by atoms with Crippen LogP contribution in [-0.2, 0) is 0 Å². The first-order valence-corrected chi connectivity index (χ1v) is 9.72. The molecule has 7 heteroatoms. The van der Waals surface area contributed by atoms with Gasteiger partial charge in [-0.2, -0.15) is 0 Å². The second-order valence-corrected chi connectivity index (χ2v) is 7.71. The van der Waals surface area contributed by atoms with Crippen LogP contribution in [0.5, 0.6) is 11.5 Å². The maximum atomic E-state index is 13.3. The molecule has 0 spiro atoms. The van der Waals surface area contributed by atoms with Crippen molar-refractivity contribution < 1.29 is 23.8 Å². The number of aromatic hydroxyl groups is 2. The lowest BCUT2D eigenvalue weighted by molar-refractivity contribution is 0.0985. The molecular formula is C23H16Cl2O5. The zero-order valence-corrected chi connectivity index (χ0v) is 17.5. The molecule has 0 bridgehead atoms. The van der Waals surface area contributed by atoms with Crippen LogP contribution in [0.3, 0.4) is 0 Å². The van der Waals surface area contributed by atoms with Crippen LogP contribution < -0.4 is 0 Å². The number of ketones is 1. The van der Waals surface area contributed by atoms with Crippen molar-refractivity contribution in [2.45, 2.75) is 13.8 Å². The van der Waals surface area contributed by atoms with Crippen molar-refractivity contribution in [1.29, 1.82) is 0 Å². The molecule has 4 rings (SSSR count). The molecule has 5 nitrogen and oxygen atoms in total. The first-order valence-electron chi connectivity index (χ1n) is 8.96. The highest BCUT2D eigenvalue weighted by Gasteiger charge is 2.27. The summed E-state index contributed by atoms with van der Waals surface area (Å²) in [6.07, 6.45) is 2.72. The molecule has 2 N–H and O–H groups in total. The van der Waals surface area contributed by atoms with Crippen LogP contribution in [0, 0.1) is 13.8 Å². The monoisotopic (exact) mass is 442 g/mol. The van der Waals surface area contributed by atoms with E-state index in [0.29, 0.717) is 32.3 Å². The van der Waals surface area contributed by atoms with Crippen molar-refractivity contribution in [2.75, 3.05) is 0 Å². The second kappa shape index (κ2) is 7.59. The number of aryl methyl sites for hydroxylation is 2. The maximum Gasteiger partial charge on any atom is 0.264 e. The first kappa shape index (κ1) is 20.1. The SMILES string of the molecule is Cc1cc(-c2ccoc2C(=O)c2occc2-c2cc(C)c(Cl)cc2O)c(O)cc1Cl. The highest BCUT2D eigenvalue weighted by Crippen LogP contribution is 2.40. The summed E-state index contributed by atoms with van der Waals surface area (Å²) in [6, 6.07) is 9.36. The van der Waals surface area contributed by atoms with E-state index in [4.69, 9.17) is 32.0 Å². The van der Waals surface area contributed by atoms with Crippen molar-refractivity contribution in [3.05, 3.63) is 81.6 Å². The van der Waals surface area contributed by atoms with E-state index in [1.165, 1.54) is 24.7 Å². The minimum absolute atomic E-state index is 0.00611. The molecule has 0 unspecified atom stereocenters. The Morgan fingerprint density at radius 2 is 1.13 bits per heavy atom. The van der Waals surface area contributed by atoms with Crippen LogP contribution in [0.1, 0.15) is 27.4 Å². The Labute approximate surface area is 182 Å². The molecule has 2 aromatic carbocycles. The average Bonchev–Trinajstić information content (AvgIpc) is 3.36. The van der Waals surface area contributed by atoms with Gasteiger partial charge in [-0.3, -0.25) is 4.79 Å². The summed E-state index contributed by atoms with van der Waals surface area (Å²) in [5.74, 6) is -0.700. The predicted molar refractivity (Wildman–Crippen MR) is 115 cm³/mol. The highest BCUT2D eigenvalue weighted by atomic mass is 35.5. The van der Waals surface area contributed by atoms with Gasteiger partial charge in [-0.25, -0.2) is 0 Å². The summed E-state index contributed by atoms with van der Waals surface area (Å²) in [7, 11) is 0. The Morgan fingerprint density at radius 1 is 0.733 bits per heavy atom. The van der Waals surface area contributed by atoms with Gasteiger partial charge in [0.25, 0.3) is 5.78 Å². The normalized spacial score (nSPS) is 11.1. The lowest BCUT2D eigenvalue weighted by atomic mass is 9.97. The van der Waals surface area contributed by atoms with Gasteiger partial charge in [0.15, 0.2) is 11.5 Å². The highest BCUT2D eigenvalue weighted by molar-refractivity contribution is 6.32. The van der Waals surface area contributed by atoms with E-state index in [0.717, 1.165) is 11.1 Å². The summed E-state index contributed by atoms with van der Waals surface area (Å²) in [5, 5.41) is 21.5. The summed E-state index contributed by atoms with van der Waals surface area (Å²) < 4.78 is 10.9. The second-order valence-electron chi connectivity index (χ2n) is 6.89. The first-order chi connectivity index (χ1) is 14.3. The van der Waals surface area contributed by atoms with Crippen molar-refractivity contribution in [3.63, 3.8) is 0 Å². The summed E-state index contributed by atoms with van der Waals surface area (Å²) in [4.78, 5) is 13.3. The van der Waals surface area contributed by atoms with Gasteiger partial charge in [-0.15, -0.1) is 0 Å². The Balaban J connectivity index is 1.82. The van der Waals surface area contributed by atoms with Gasteiger partial charge in [0.1, 0.15) is 11.5 Å². The van der Waals surface area contributed by atoms with E-state index in [1.807, 2.05) is 0 Å².